The molecule has 0 radical (unpaired) electrons. The topological polar surface area (TPSA) is 103 Å². The van der Waals surface area contributed by atoms with Crippen LogP contribution in [-0.2, 0) is 27.6 Å². The van der Waals surface area contributed by atoms with Gasteiger partial charge in [-0.15, -0.1) is 0 Å². The zero-order valence-electron chi connectivity index (χ0n) is 18.9. The van der Waals surface area contributed by atoms with Crippen molar-refractivity contribution in [3.63, 3.8) is 0 Å². The number of carbonyl (C=O) groups is 1. The quantitative estimate of drug-likeness (QED) is 0.580. The van der Waals surface area contributed by atoms with E-state index < -0.39 is 15.9 Å². The number of nitrogens with zero attached hydrogens (tertiary/aromatic N) is 3. The second-order valence-corrected chi connectivity index (χ2v) is 10.1. The van der Waals surface area contributed by atoms with Crippen molar-refractivity contribution < 1.29 is 22.7 Å². The highest BCUT2D eigenvalue weighted by Gasteiger charge is 2.29. The van der Waals surface area contributed by atoms with Crippen LogP contribution in [0.5, 0.6) is 5.75 Å². The number of ether oxygens (including phenoxy) is 2. The molecule has 34 heavy (non-hydrogen) atoms. The predicted molar refractivity (Wildman–Crippen MR) is 126 cm³/mol. The Balaban J connectivity index is 1.47. The van der Waals surface area contributed by atoms with Crippen LogP contribution in [0.4, 0.5) is 5.69 Å². The fraction of sp³-hybridized carbons (Fsp3) is 0.333. The Morgan fingerprint density at radius 1 is 1.09 bits per heavy atom. The molecule has 178 valence electrons. The lowest BCUT2D eigenvalue weighted by atomic mass is 10.2. The van der Waals surface area contributed by atoms with Gasteiger partial charge in [-0.25, -0.2) is 13.1 Å². The molecule has 0 saturated carbocycles. The molecule has 1 saturated heterocycles. The first-order chi connectivity index (χ1) is 16.5. The molecule has 5 rings (SSSR count). The molecule has 1 aromatic heterocycles. The monoisotopic (exact) mass is 482 g/mol. The maximum atomic E-state index is 13.3. The van der Waals surface area contributed by atoms with Crippen LogP contribution in [0.25, 0.3) is 5.69 Å². The number of para-hydroxylation sites is 1. The summed E-state index contributed by atoms with van der Waals surface area (Å²) in [6.07, 6.45) is 2.57. The first kappa shape index (κ1) is 22.6. The van der Waals surface area contributed by atoms with Gasteiger partial charge in [0.15, 0.2) is 5.69 Å². The lowest BCUT2D eigenvalue weighted by molar-refractivity contribution is 0.0730. The third-order valence-corrected chi connectivity index (χ3v) is 8.07. The van der Waals surface area contributed by atoms with Gasteiger partial charge in [-0.3, -0.25) is 4.79 Å². The number of sulfonamides is 1. The molecule has 1 fully saturated rings. The van der Waals surface area contributed by atoms with Gasteiger partial charge in [0.05, 0.1) is 36.6 Å². The number of anilines is 1. The molecule has 0 atom stereocenters. The number of aromatic nitrogens is 2. The Hall–Kier alpha value is -3.21. The molecule has 1 N–H and O–H groups in total. The summed E-state index contributed by atoms with van der Waals surface area (Å²) in [5.74, 6) is -0.0273. The SMILES string of the molecule is COc1ccc(S(=O)(=O)N2CCOCC2)cc1NC(=O)c1nn(-c2ccccc2)c2c1CCC2. The van der Waals surface area contributed by atoms with Crippen LogP contribution in [0.15, 0.2) is 53.4 Å². The molecular formula is C24H26N4O5S. The molecule has 0 unspecified atom stereocenters. The lowest BCUT2D eigenvalue weighted by Gasteiger charge is -2.26. The number of hydrogen-bond acceptors (Lipinski definition) is 6. The van der Waals surface area contributed by atoms with E-state index >= 15 is 0 Å². The van der Waals surface area contributed by atoms with E-state index in [4.69, 9.17) is 9.47 Å². The second kappa shape index (κ2) is 9.21. The van der Waals surface area contributed by atoms with E-state index in [2.05, 4.69) is 10.4 Å². The minimum atomic E-state index is -3.72. The van der Waals surface area contributed by atoms with Crippen molar-refractivity contribution in [1.29, 1.82) is 0 Å². The van der Waals surface area contributed by atoms with Crippen LogP contribution in [0.1, 0.15) is 28.2 Å². The first-order valence-corrected chi connectivity index (χ1v) is 12.7. The molecule has 2 heterocycles. The van der Waals surface area contributed by atoms with Gasteiger partial charge in [0.2, 0.25) is 10.0 Å². The van der Waals surface area contributed by atoms with Crippen LogP contribution in [0, 0.1) is 0 Å². The van der Waals surface area contributed by atoms with E-state index in [-0.39, 0.29) is 10.6 Å². The number of amides is 1. The number of rotatable bonds is 6. The number of methoxy groups -OCH3 is 1. The van der Waals surface area contributed by atoms with Crippen molar-refractivity contribution in [2.45, 2.75) is 24.2 Å². The average Bonchev–Trinajstić information content (AvgIpc) is 3.48. The fourth-order valence-corrected chi connectivity index (χ4v) is 5.90. The zero-order valence-corrected chi connectivity index (χ0v) is 19.7. The van der Waals surface area contributed by atoms with Gasteiger partial charge < -0.3 is 14.8 Å². The Kier molecular flexibility index (Phi) is 6.11. The van der Waals surface area contributed by atoms with Crippen LogP contribution in [0.3, 0.4) is 0 Å². The van der Waals surface area contributed by atoms with Gasteiger partial charge in [0.1, 0.15) is 5.75 Å². The van der Waals surface area contributed by atoms with Crippen LogP contribution >= 0.6 is 0 Å². The fourth-order valence-electron chi connectivity index (χ4n) is 4.47. The first-order valence-electron chi connectivity index (χ1n) is 11.2. The van der Waals surface area contributed by atoms with E-state index in [1.165, 1.54) is 23.5 Å². The summed E-state index contributed by atoms with van der Waals surface area (Å²) in [7, 11) is -2.25. The molecule has 2 aliphatic rings. The molecule has 10 heteroatoms. The van der Waals surface area contributed by atoms with Gasteiger partial charge in [0.25, 0.3) is 5.91 Å². The highest BCUT2D eigenvalue weighted by atomic mass is 32.2. The maximum Gasteiger partial charge on any atom is 0.276 e. The minimum absolute atomic E-state index is 0.0885. The molecule has 1 aliphatic carbocycles. The van der Waals surface area contributed by atoms with Gasteiger partial charge >= 0.3 is 0 Å². The molecule has 1 amide bonds. The summed E-state index contributed by atoms with van der Waals surface area (Å²) in [5.41, 5.74) is 3.49. The van der Waals surface area contributed by atoms with Gasteiger partial charge in [-0.2, -0.15) is 9.40 Å². The summed E-state index contributed by atoms with van der Waals surface area (Å²) in [6.45, 7) is 1.29. The summed E-state index contributed by atoms with van der Waals surface area (Å²) < 4.78 is 40.1. The van der Waals surface area contributed by atoms with Gasteiger partial charge in [-0.1, -0.05) is 18.2 Å². The van der Waals surface area contributed by atoms with Crippen molar-refractivity contribution in [3.05, 3.63) is 65.5 Å². The van der Waals surface area contributed by atoms with Crippen LogP contribution < -0.4 is 10.1 Å². The Morgan fingerprint density at radius 3 is 2.59 bits per heavy atom. The standard InChI is InChI=1S/C24H26N4O5S/c1-32-22-11-10-18(34(30,31)27-12-14-33-15-13-27)16-20(22)25-24(29)23-19-8-5-9-21(19)28(26-23)17-6-3-2-4-7-17/h2-4,6-7,10-11,16H,5,8-9,12-15H2,1H3,(H,25,29). The molecule has 3 aromatic rings. The smallest absolute Gasteiger partial charge is 0.276 e. The summed E-state index contributed by atoms with van der Waals surface area (Å²) >= 11 is 0. The van der Waals surface area contributed by atoms with E-state index in [1.807, 2.05) is 35.0 Å². The number of morpholine rings is 1. The number of carbonyl (C=O) groups excluding carboxylic acids is 1. The van der Waals surface area contributed by atoms with Crippen molar-refractivity contribution in [2.75, 3.05) is 38.7 Å². The summed E-state index contributed by atoms with van der Waals surface area (Å²) in [5, 5.41) is 7.46. The number of hydrogen-bond donors (Lipinski definition) is 1. The highest BCUT2D eigenvalue weighted by molar-refractivity contribution is 7.89. The van der Waals surface area contributed by atoms with Crippen LogP contribution in [-0.4, -0.2) is 61.8 Å². The highest BCUT2D eigenvalue weighted by Crippen LogP contribution is 2.32. The number of benzene rings is 2. The second-order valence-electron chi connectivity index (χ2n) is 8.21. The Morgan fingerprint density at radius 2 is 1.85 bits per heavy atom. The van der Waals surface area contributed by atoms with Crippen molar-refractivity contribution in [2.24, 2.45) is 0 Å². The normalized spacial score (nSPS) is 16.3. The van der Waals surface area contributed by atoms with Crippen molar-refractivity contribution in [3.8, 4) is 11.4 Å². The summed E-state index contributed by atoms with van der Waals surface area (Å²) in [6, 6.07) is 14.2. The third kappa shape index (κ3) is 4.08. The largest absolute Gasteiger partial charge is 0.495 e. The lowest BCUT2D eigenvalue weighted by Crippen LogP contribution is -2.40. The molecule has 0 spiro atoms. The Bertz CT molecular complexity index is 1310. The summed E-state index contributed by atoms with van der Waals surface area (Å²) in [4.78, 5) is 13.4. The van der Waals surface area contributed by atoms with E-state index in [1.54, 1.807) is 6.07 Å². The van der Waals surface area contributed by atoms with Crippen molar-refractivity contribution in [1.82, 2.24) is 14.1 Å². The molecule has 0 bridgehead atoms. The molecular weight excluding hydrogens is 456 g/mol. The predicted octanol–water partition coefficient (Wildman–Crippen LogP) is 2.64. The van der Waals surface area contributed by atoms with E-state index in [0.717, 1.165) is 36.2 Å². The maximum absolute atomic E-state index is 13.3. The minimum Gasteiger partial charge on any atom is -0.495 e. The van der Waals surface area contributed by atoms with E-state index in [9.17, 15) is 13.2 Å². The Labute approximate surface area is 198 Å². The average molecular weight is 483 g/mol. The molecule has 9 nitrogen and oxygen atoms in total. The number of nitrogens with one attached hydrogen (secondary N) is 1. The van der Waals surface area contributed by atoms with Crippen LogP contribution in [0.2, 0.25) is 0 Å². The molecule has 2 aromatic carbocycles. The number of fused-ring (bicyclic) bond motifs is 1. The van der Waals surface area contributed by atoms with Gasteiger partial charge in [0, 0.05) is 24.3 Å². The van der Waals surface area contributed by atoms with E-state index in [0.29, 0.717) is 37.7 Å². The third-order valence-electron chi connectivity index (χ3n) is 6.17. The van der Waals surface area contributed by atoms with Crippen molar-refractivity contribution >= 4 is 21.6 Å². The molecule has 1 aliphatic heterocycles. The zero-order chi connectivity index (χ0) is 23.7. The van der Waals surface area contributed by atoms with Gasteiger partial charge in [-0.05, 0) is 49.6 Å².